The summed E-state index contributed by atoms with van der Waals surface area (Å²) in [7, 11) is 0. The molecule has 1 aliphatic rings. The maximum atomic E-state index is 11.1. The van der Waals surface area contributed by atoms with Crippen molar-refractivity contribution in [3.63, 3.8) is 0 Å². The maximum Gasteiger partial charge on any atom is 0.305 e. The molecule has 0 spiro atoms. The van der Waals surface area contributed by atoms with E-state index in [0.717, 1.165) is 22.1 Å². The molecule has 0 bridgehead atoms. The van der Waals surface area contributed by atoms with Gasteiger partial charge in [-0.3, -0.25) is 4.79 Å². The van der Waals surface area contributed by atoms with Gasteiger partial charge in [0.2, 0.25) is 0 Å². The number of aliphatic carboxylic acids is 1. The van der Waals surface area contributed by atoms with Crippen molar-refractivity contribution in [2.24, 2.45) is 0 Å². The molecule has 4 heteroatoms. The molecule has 2 aromatic rings. The number of carboxylic acid groups (broad SMARTS) is 1. The molecule has 0 saturated heterocycles. The van der Waals surface area contributed by atoms with E-state index in [1.807, 2.05) is 30.3 Å². The minimum Gasteiger partial charge on any atom is -0.481 e. The van der Waals surface area contributed by atoms with Crippen molar-refractivity contribution in [1.82, 2.24) is 0 Å². The molecule has 0 fully saturated rings. The molecule has 0 amide bonds. The Hall–Kier alpha value is -1.81. The molecule has 1 atom stereocenters. The number of anilines is 1. The molecule has 2 N–H and O–H groups in total. The van der Waals surface area contributed by atoms with Crippen LogP contribution in [0.2, 0.25) is 0 Å². The number of benzene rings is 2. The van der Waals surface area contributed by atoms with Crippen molar-refractivity contribution in [2.45, 2.75) is 18.9 Å². The average molecular weight is 332 g/mol. The fourth-order valence-corrected chi connectivity index (χ4v) is 3.10. The van der Waals surface area contributed by atoms with Gasteiger partial charge in [-0.05, 0) is 41.3 Å². The van der Waals surface area contributed by atoms with E-state index in [4.69, 9.17) is 5.11 Å². The van der Waals surface area contributed by atoms with E-state index in [0.29, 0.717) is 0 Å². The van der Waals surface area contributed by atoms with Crippen LogP contribution in [0.5, 0.6) is 0 Å². The highest BCUT2D eigenvalue weighted by atomic mass is 79.9. The van der Waals surface area contributed by atoms with Crippen molar-refractivity contribution < 1.29 is 9.90 Å². The number of hydrogen-bond acceptors (Lipinski definition) is 2. The van der Waals surface area contributed by atoms with Gasteiger partial charge in [0.1, 0.15) is 0 Å². The van der Waals surface area contributed by atoms with Crippen molar-refractivity contribution in [2.75, 3.05) is 5.32 Å². The molecule has 3 nitrogen and oxygen atoms in total. The molecule has 0 saturated carbocycles. The van der Waals surface area contributed by atoms with Gasteiger partial charge >= 0.3 is 5.97 Å². The highest BCUT2D eigenvalue weighted by molar-refractivity contribution is 9.10. The van der Waals surface area contributed by atoms with Crippen LogP contribution in [-0.4, -0.2) is 11.1 Å². The van der Waals surface area contributed by atoms with Crippen LogP contribution in [0.3, 0.4) is 0 Å². The summed E-state index contributed by atoms with van der Waals surface area (Å²) < 4.78 is 1.03. The third-order valence-corrected chi connectivity index (χ3v) is 4.08. The van der Waals surface area contributed by atoms with Gasteiger partial charge in [-0.15, -0.1) is 0 Å². The summed E-state index contributed by atoms with van der Waals surface area (Å²) >= 11 is 3.49. The summed E-state index contributed by atoms with van der Waals surface area (Å²) in [6.45, 7) is 0. The Kier molecular flexibility index (Phi) is 3.49. The Labute approximate surface area is 125 Å². The van der Waals surface area contributed by atoms with Crippen LogP contribution in [0.1, 0.15) is 29.2 Å². The molecule has 20 heavy (non-hydrogen) atoms. The van der Waals surface area contributed by atoms with Crippen LogP contribution in [0.25, 0.3) is 0 Å². The SMILES string of the molecule is O=C(O)CC1Nc2ccc(Br)cc2Cc2ccccc21. The van der Waals surface area contributed by atoms with E-state index in [1.54, 1.807) is 0 Å². The van der Waals surface area contributed by atoms with Crippen molar-refractivity contribution >= 4 is 27.6 Å². The second-order valence-corrected chi connectivity index (χ2v) is 5.89. The van der Waals surface area contributed by atoms with Crippen LogP contribution in [0.15, 0.2) is 46.9 Å². The van der Waals surface area contributed by atoms with Crippen LogP contribution < -0.4 is 5.32 Å². The first-order valence-corrected chi connectivity index (χ1v) is 7.27. The zero-order valence-electron chi connectivity index (χ0n) is 10.8. The fraction of sp³-hybridized carbons (Fsp3) is 0.188. The van der Waals surface area contributed by atoms with Crippen LogP contribution in [-0.2, 0) is 11.2 Å². The zero-order valence-corrected chi connectivity index (χ0v) is 12.4. The first kappa shape index (κ1) is 13.2. The van der Waals surface area contributed by atoms with Gasteiger partial charge in [-0.1, -0.05) is 40.2 Å². The Balaban J connectivity index is 2.09. The van der Waals surface area contributed by atoms with E-state index in [-0.39, 0.29) is 12.5 Å². The summed E-state index contributed by atoms with van der Waals surface area (Å²) in [5, 5.41) is 12.5. The smallest absolute Gasteiger partial charge is 0.305 e. The summed E-state index contributed by atoms with van der Waals surface area (Å²) in [4.78, 5) is 11.1. The molecule has 102 valence electrons. The average Bonchev–Trinajstić information content (AvgIpc) is 2.55. The van der Waals surface area contributed by atoms with Crippen LogP contribution in [0.4, 0.5) is 5.69 Å². The van der Waals surface area contributed by atoms with E-state index < -0.39 is 5.97 Å². The van der Waals surface area contributed by atoms with Gasteiger partial charge in [0, 0.05) is 10.2 Å². The van der Waals surface area contributed by atoms with Gasteiger partial charge in [0.05, 0.1) is 12.5 Å². The summed E-state index contributed by atoms with van der Waals surface area (Å²) in [6, 6.07) is 13.9. The van der Waals surface area contributed by atoms with Crippen LogP contribution in [0, 0.1) is 0 Å². The predicted molar refractivity (Wildman–Crippen MR) is 82.0 cm³/mol. The molecule has 0 radical (unpaired) electrons. The Bertz CT molecular complexity index is 669. The summed E-state index contributed by atoms with van der Waals surface area (Å²) in [5.74, 6) is -0.794. The number of carboxylic acids is 1. The lowest BCUT2D eigenvalue weighted by Gasteiger charge is -2.18. The van der Waals surface area contributed by atoms with E-state index in [1.165, 1.54) is 11.1 Å². The maximum absolute atomic E-state index is 11.1. The molecule has 0 aromatic heterocycles. The number of carbonyl (C=O) groups is 1. The normalized spacial score (nSPS) is 16.6. The van der Waals surface area contributed by atoms with Gasteiger partial charge < -0.3 is 10.4 Å². The Morgan fingerprint density at radius 1 is 1.25 bits per heavy atom. The molecule has 1 aliphatic heterocycles. The third-order valence-electron chi connectivity index (χ3n) is 3.59. The minimum atomic E-state index is -0.794. The first-order chi connectivity index (χ1) is 9.63. The van der Waals surface area contributed by atoms with Gasteiger partial charge in [-0.2, -0.15) is 0 Å². The predicted octanol–water partition coefficient (Wildman–Crippen LogP) is 3.98. The molecule has 2 aromatic carbocycles. The zero-order chi connectivity index (χ0) is 14.1. The second-order valence-electron chi connectivity index (χ2n) is 4.97. The number of hydrogen-bond donors (Lipinski definition) is 2. The number of rotatable bonds is 2. The molecule has 1 unspecified atom stereocenters. The molecular weight excluding hydrogens is 318 g/mol. The van der Waals surface area contributed by atoms with Gasteiger partial charge in [0.15, 0.2) is 0 Å². The highest BCUT2D eigenvalue weighted by Crippen LogP contribution is 2.34. The Morgan fingerprint density at radius 2 is 2.05 bits per heavy atom. The van der Waals surface area contributed by atoms with Crippen molar-refractivity contribution in [1.29, 1.82) is 0 Å². The molecule has 0 aliphatic carbocycles. The molecule has 3 rings (SSSR count). The Morgan fingerprint density at radius 3 is 2.85 bits per heavy atom. The largest absolute Gasteiger partial charge is 0.481 e. The lowest BCUT2D eigenvalue weighted by Crippen LogP contribution is -2.15. The topological polar surface area (TPSA) is 49.3 Å². The molecular formula is C16H14BrNO2. The summed E-state index contributed by atoms with van der Waals surface area (Å²) in [6.07, 6.45) is 0.889. The van der Waals surface area contributed by atoms with Gasteiger partial charge in [0.25, 0.3) is 0 Å². The minimum absolute atomic E-state index is 0.0759. The monoisotopic (exact) mass is 331 g/mol. The first-order valence-electron chi connectivity index (χ1n) is 6.48. The van der Waals surface area contributed by atoms with Crippen molar-refractivity contribution in [3.8, 4) is 0 Å². The lowest BCUT2D eigenvalue weighted by molar-refractivity contribution is -0.137. The standard InChI is InChI=1S/C16H14BrNO2/c17-12-5-6-14-11(8-12)7-10-3-1-2-4-13(10)15(18-14)9-16(19)20/h1-6,8,15,18H,7,9H2,(H,19,20). The van der Waals surface area contributed by atoms with Crippen molar-refractivity contribution in [3.05, 3.63) is 63.6 Å². The lowest BCUT2D eigenvalue weighted by atomic mass is 9.96. The number of halogens is 1. The molecule has 1 heterocycles. The van der Waals surface area contributed by atoms with E-state index >= 15 is 0 Å². The number of nitrogens with one attached hydrogen (secondary N) is 1. The second kappa shape index (κ2) is 5.29. The van der Waals surface area contributed by atoms with Crippen LogP contribution >= 0.6 is 15.9 Å². The highest BCUT2D eigenvalue weighted by Gasteiger charge is 2.23. The number of fused-ring (bicyclic) bond motifs is 2. The quantitative estimate of drug-likeness (QED) is 0.874. The fourth-order valence-electron chi connectivity index (χ4n) is 2.69. The third kappa shape index (κ3) is 2.56. The van der Waals surface area contributed by atoms with E-state index in [9.17, 15) is 4.79 Å². The summed E-state index contributed by atoms with van der Waals surface area (Å²) in [5.41, 5.74) is 4.45. The van der Waals surface area contributed by atoms with Gasteiger partial charge in [-0.25, -0.2) is 0 Å². The van der Waals surface area contributed by atoms with E-state index in [2.05, 4.69) is 33.4 Å².